The van der Waals surface area contributed by atoms with Crippen molar-refractivity contribution in [2.75, 3.05) is 26.2 Å². The van der Waals surface area contributed by atoms with Crippen molar-refractivity contribution in [3.05, 3.63) is 0 Å². The van der Waals surface area contributed by atoms with Crippen LogP contribution in [0, 0.1) is 5.41 Å². The Labute approximate surface area is 78.1 Å². The molecule has 5 nitrogen and oxygen atoms in total. The van der Waals surface area contributed by atoms with Crippen LogP contribution in [0.2, 0.25) is 0 Å². The summed E-state index contributed by atoms with van der Waals surface area (Å²) in [5, 5.41) is 16.2. The Balaban J connectivity index is 2.39. The van der Waals surface area contributed by atoms with Crippen LogP contribution in [0.15, 0.2) is 0 Å². The van der Waals surface area contributed by atoms with Crippen molar-refractivity contribution in [2.45, 2.75) is 13.3 Å². The minimum Gasteiger partial charge on any atom is -0.375 e. The van der Waals surface area contributed by atoms with Crippen molar-refractivity contribution in [1.82, 2.24) is 10.2 Å². The maximum atomic E-state index is 7.59. The average Bonchev–Trinajstić information content (AvgIpc) is 2.29. The Morgan fingerprint density at radius 1 is 1.46 bits per heavy atom. The standard InChI is InChI=1S/C8H16N4O/c1-7(9)13-8(10)12-5-2-3-11-4-6-12/h9-11H,2-6H2,1H3/p+1. The first-order chi connectivity index (χ1) is 6.20. The molecule has 0 unspecified atom stereocenters. The Bertz CT molecular complexity index is 196. The van der Waals surface area contributed by atoms with Gasteiger partial charge in [-0.3, -0.25) is 5.41 Å². The monoisotopic (exact) mass is 185 g/mol. The molecule has 0 amide bonds. The van der Waals surface area contributed by atoms with E-state index in [1.807, 2.05) is 4.90 Å². The molecule has 0 spiro atoms. The highest BCUT2D eigenvalue weighted by atomic mass is 16.5. The van der Waals surface area contributed by atoms with Crippen LogP contribution in [0.4, 0.5) is 0 Å². The molecule has 5 heteroatoms. The van der Waals surface area contributed by atoms with E-state index in [9.17, 15) is 0 Å². The van der Waals surface area contributed by atoms with Crippen LogP contribution in [0.25, 0.3) is 0 Å². The Morgan fingerprint density at radius 3 is 2.92 bits per heavy atom. The number of ether oxygens (including phenoxy) is 1. The number of rotatable bonds is 0. The van der Waals surface area contributed by atoms with E-state index in [2.05, 4.69) is 5.32 Å². The van der Waals surface area contributed by atoms with Crippen molar-refractivity contribution in [3.63, 3.8) is 0 Å². The molecule has 13 heavy (non-hydrogen) atoms. The fourth-order valence-corrected chi connectivity index (χ4v) is 1.27. The van der Waals surface area contributed by atoms with Gasteiger partial charge in [0.25, 0.3) is 6.02 Å². The van der Waals surface area contributed by atoms with E-state index in [4.69, 9.17) is 15.6 Å². The van der Waals surface area contributed by atoms with Crippen molar-refractivity contribution >= 4 is 11.9 Å². The Morgan fingerprint density at radius 2 is 2.23 bits per heavy atom. The van der Waals surface area contributed by atoms with Crippen molar-refractivity contribution in [2.24, 2.45) is 0 Å². The first kappa shape index (κ1) is 9.98. The molecule has 1 fully saturated rings. The van der Waals surface area contributed by atoms with Crippen LogP contribution in [0.1, 0.15) is 13.3 Å². The zero-order valence-electron chi connectivity index (χ0n) is 7.97. The lowest BCUT2D eigenvalue weighted by molar-refractivity contribution is -0.133. The van der Waals surface area contributed by atoms with Gasteiger partial charge in [-0.2, -0.15) is 0 Å². The Hall–Kier alpha value is -1.10. The minimum atomic E-state index is 0.156. The van der Waals surface area contributed by atoms with Gasteiger partial charge >= 0.3 is 5.90 Å². The zero-order chi connectivity index (χ0) is 9.68. The van der Waals surface area contributed by atoms with E-state index in [1.165, 1.54) is 0 Å². The highest BCUT2D eigenvalue weighted by molar-refractivity contribution is 5.84. The van der Waals surface area contributed by atoms with E-state index < -0.39 is 0 Å². The molecule has 0 aromatic rings. The van der Waals surface area contributed by atoms with Gasteiger partial charge in [-0.15, -0.1) is 0 Å². The van der Waals surface area contributed by atoms with E-state index in [1.54, 1.807) is 6.92 Å². The normalized spacial score (nSPS) is 17.8. The van der Waals surface area contributed by atoms with E-state index in [0.29, 0.717) is 5.90 Å². The highest BCUT2D eigenvalue weighted by Crippen LogP contribution is 1.97. The maximum absolute atomic E-state index is 7.59. The Kier molecular flexibility index (Phi) is 3.70. The van der Waals surface area contributed by atoms with Gasteiger partial charge in [0.15, 0.2) is 0 Å². The molecule has 1 aliphatic rings. The predicted octanol–water partition coefficient (Wildman–Crippen LogP) is -1.59. The molecule has 0 radical (unpaired) electrons. The van der Waals surface area contributed by atoms with Gasteiger partial charge in [-0.1, -0.05) is 0 Å². The van der Waals surface area contributed by atoms with E-state index in [0.717, 1.165) is 32.6 Å². The molecule has 4 N–H and O–H groups in total. The van der Waals surface area contributed by atoms with Gasteiger partial charge in [-0.05, 0) is 13.0 Å². The van der Waals surface area contributed by atoms with Crippen LogP contribution in [0.5, 0.6) is 0 Å². The first-order valence-electron chi connectivity index (χ1n) is 4.51. The molecular weight excluding hydrogens is 168 g/mol. The second-order valence-corrected chi connectivity index (χ2v) is 3.11. The molecule has 1 saturated heterocycles. The lowest BCUT2D eigenvalue weighted by Crippen LogP contribution is -2.44. The molecule has 0 aliphatic carbocycles. The minimum absolute atomic E-state index is 0.156. The van der Waals surface area contributed by atoms with Gasteiger partial charge in [0.1, 0.15) is 0 Å². The molecule has 0 aromatic carbocycles. The van der Waals surface area contributed by atoms with Gasteiger partial charge < -0.3 is 15.0 Å². The highest BCUT2D eigenvalue weighted by Gasteiger charge is 2.14. The first-order valence-corrected chi connectivity index (χ1v) is 4.51. The molecule has 1 rings (SSSR count). The summed E-state index contributed by atoms with van der Waals surface area (Å²) in [5.41, 5.74) is 0. The maximum Gasteiger partial charge on any atom is 0.337 e. The summed E-state index contributed by atoms with van der Waals surface area (Å²) in [7, 11) is 0. The lowest BCUT2D eigenvalue weighted by Gasteiger charge is -2.20. The molecule has 0 aromatic heterocycles. The summed E-state index contributed by atoms with van der Waals surface area (Å²) < 4.78 is 5.02. The molecule has 1 aliphatic heterocycles. The number of nitrogens with zero attached hydrogens (tertiary/aromatic N) is 1. The SMILES string of the molecule is CC(=[NH2+])OC(=N)N1CCCNCC1. The molecule has 0 bridgehead atoms. The smallest absolute Gasteiger partial charge is 0.337 e. The van der Waals surface area contributed by atoms with Crippen molar-refractivity contribution in [3.8, 4) is 0 Å². The molecule has 0 saturated carbocycles. The number of hydrogen-bond donors (Lipinski definition) is 3. The number of nitrogens with two attached hydrogens (primary N) is 1. The second kappa shape index (κ2) is 4.81. The van der Waals surface area contributed by atoms with Crippen LogP contribution in [0.3, 0.4) is 0 Å². The van der Waals surface area contributed by atoms with Crippen LogP contribution in [-0.4, -0.2) is 43.0 Å². The van der Waals surface area contributed by atoms with Gasteiger partial charge in [0, 0.05) is 19.6 Å². The second-order valence-electron chi connectivity index (χ2n) is 3.11. The van der Waals surface area contributed by atoms with Crippen LogP contribution >= 0.6 is 0 Å². The number of hydrogen-bond acceptors (Lipinski definition) is 3. The summed E-state index contributed by atoms with van der Waals surface area (Å²) in [6.07, 6.45) is 1.04. The molecule has 1 heterocycles. The third-order valence-corrected chi connectivity index (χ3v) is 1.88. The molecular formula is C8H17N4O+. The van der Waals surface area contributed by atoms with E-state index >= 15 is 0 Å². The average molecular weight is 185 g/mol. The van der Waals surface area contributed by atoms with Gasteiger partial charge in [-0.25, -0.2) is 5.41 Å². The summed E-state index contributed by atoms with van der Waals surface area (Å²) >= 11 is 0. The quantitative estimate of drug-likeness (QED) is 0.315. The largest absolute Gasteiger partial charge is 0.375 e. The topological polar surface area (TPSA) is 73.9 Å². The van der Waals surface area contributed by atoms with Gasteiger partial charge in [0.2, 0.25) is 0 Å². The van der Waals surface area contributed by atoms with E-state index in [-0.39, 0.29) is 6.02 Å². The summed E-state index contributed by atoms with van der Waals surface area (Å²) in [4.78, 5) is 1.89. The lowest BCUT2D eigenvalue weighted by atomic mass is 10.4. The van der Waals surface area contributed by atoms with Crippen molar-refractivity contribution in [1.29, 1.82) is 5.41 Å². The summed E-state index contributed by atoms with van der Waals surface area (Å²) in [6.45, 7) is 5.22. The van der Waals surface area contributed by atoms with Crippen molar-refractivity contribution < 1.29 is 10.1 Å². The van der Waals surface area contributed by atoms with Crippen LogP contribution in [-0.2, 0) is 4.74 Å². The van der Waals surface area contributed by atoms with Gasteiger partial charge in [0.05, 0.1) is 6.92 Å². The molecule has 74 valence electrons. The number of nitrogens with one attached hydrogen (secondary N) is 2. The summed E-state index contributed by atoms with van der Waals surface area (Å²) in [6, 6.07) is 0.156. The third-order valence-electron chi connectivity index (χ3n) is 1.88. The number of amidine groups is 1. The van der Waals surface area contributed by atoms with Crippen LogP contribution < -0.4 is 10.7 Å². The molecule has 0 atom stereocenters. The fourth-order valence-electron chi connectivity index (χ4n) is 1.27. The zero-order valence-corrected chi connectivity index (χ0v) is 7.97. The summed E-state index contributed by atoms with van der Waals surface area (Å²) in [5.74, 6) is 0.321. The fraction of sp³-hybridized carbons (Fsp3) is 0.750. The predicted molar refractivity (Wildman–Crippen MR) is 50.5 cm³/mol. The third kappa shape index (κ3) is 3.42.